The normalized spacial score (nSPS) is 14.1. The molecule has 14 rings (SSSR count). The van der Waals surface area contributed by atoms with Crippen LogP contribution in [0.2, 0.25) is 0 Å². The quantitative estimate of drug-likeness (QED) is 0.175. The van der Waals surface area contributed by atoms with Crippen LogP contribution in [0.3, 0.4) is 0 Å². The summed E-state index contributed by atoms with van der Waals surface area (Å²) in [4.78, 5) is 6.74. The third-order valence-corrected chi connectivity index (χ3v) is 16.0. The van der Waals surface area contributed by atoms with Crippen LogP contribution in [-0.4, -0.2) is 0 Å². The van der Waals surface area contributed by atoms with Crippen LogP contribution >= 0.6 is 11.8 Å². The maximum Gasteiger partial charge on any atom is 0.159 e. The van der Waals surface area contributed by atoms with Crippen molar-refractivity contribution in [1.29, 1.82) is 0 Å². The molecule has 3 nitrogen and oxygen atoms in total. The van der Waals surface area contributed by atoms with E-state index in [1.54, 1.807) is 11.8 Å². The Morgan fingerprint density at radius 3 is 1.86 bits per heavy atom. The first-order valence-electron chi connectivity index (χ1n) is 23.4. The number of nitrogens with zero attached hydrogens (tertiary/aromatic N) is 2. The van der Waals surface area contributed by atoms with Crippen LogP contribution in [0.1, 0.15) is 36.1 Å². The predicted molar refractivity (Wildman–Crippen MR) is 282 cm³/mol. The Hall–Kier alpha value is -7.93. The number of halogens is 2. The Bertz CT molecular complexity index is 4080. The minimum atomic E-state index is -0.858. The Balaban J connectivity index is 0.980. The Morgan fingerprint density at radius 2 is 1.03 bits per heavy atom. The van der Waals surface area contributed by atoms with Crippen LogP contribution in [0.15, 0.2) is 192 Å². The molecule has 3 aliphatic rings. The summed E-state index contributed by atoms with van der Waals surface area (Å²) in [6.07, 6.45) is 0. The standard InChI is InChI=1S/C63H42F2N2OS/c1-35-27-56-60(69-59-32-40-30-51(65)50(64)29-39(40)31-57(59)67(56)52-21-11-15-37-13-5-7-16-41(37)52)34-47(35)46-33-55-58(28-36(46)2)68-62-42-17-8-6-14-38(42)23-26-54(62)66(55)53-22-12-19-44-43(53)24-25-49-61(44)45-18-9-10-20-48(45)63(49,3)4/h5-34H,1-4H3. The van der Waals surface area contributed by atoms with Gasteiger partial charge in [-0.05, 0) is 152 Å². The minimum absolute atomic E-state index is 0.121. The zero-order valence-electron chi connectivity index (χ0n) is 38.3. The number of hydrogen-bond donors (Lipinski definition) is 0. The largest absolute Gasteiger partial charge is 0.452 e. The van der Waals surface area contributed by atoms with Gasteiger partial charge in [-0.2, -0.15) is 0 Å². The van der Waals surface area contributed by atoms with Gasteiger partial charge in [0, 0.05) is 31.4 Å². The molecule has 330 valence electrons. The minimum Gasteiger partial charge on any atom is -0.452 e. The van der Waals surface area contributed by atoms with Crippen LogP contribution in [0, 0.1) is 25.5 Å². The number of hydrogen-bond acceptors (Lipinski definition) is 4. The highest BCUT2D eigenvalue weighted by molar-refractivity contribution is 7.99. The van der Waals surface area contributed by atoms with Gasteiger partial charge in [-0.15, -0.1) is 0 Å². The SMILES string of the molecule is Cc1cc2c(cc1-c1cc3c(cc1C)Oc1c(ccc4ccccc14)N3c1cccc3c4c(ccc13)C(C)(C)c1ccccc1-4)Sc1cc3cc(F)c(F)cc3cc1N2c1cccc2ccccc12. The highest BCUT2D eigenvalue weighted by atomic mass is 32.2. The fourth-order valence-electron chi connectivity index (χ4n) is 11.6. The fourth-order valence-corrected chi connectivity index (χ4v) is 12.7. The van der Waals surface area contributed by atoms with Crippen molar-refractivity contribution >= 4 is 89.0 Å². The van der Waals surface area contributed by atoms with Crippen LogP contribution in [-0.2, 0) is 5.41 Å². The summed E-state index contributed by atoms with van der Waals surface area (Å²) in [5, 5.41) is 8.09. The van der Waals surface area contributed by atoms with Gasteiger partial charge in [0.05, 0.1) is 34.1 Å². The first-order chi connectivity index (χ1) is 33.6. The summed E-state index contributed by atoms with van der Waals surface area (Å²) in [5.74, 6) is -0.0863. The number of rotatable bonds is 3. The lowest BCUT2D eigenvalue weighted by Crippen LogP contribution is -2.17. The molecule has 0 bridgehead atoms. The highest BCUT2D eigenvalue weighted by Gasteiger charge is 2.38. The second-order valence-corrected chi connectivity index (χ2v) is 20.3. The smallest absolute Gasteiger partial charge is 0.159 e. The molecule has 0 radical (unpaired) electrons. The summed E-state index contributed by atoms with van der Waals surface area (Å²) < 4.78 is 36.6. The van der Waals surface area contributed by atoms with Crippen molar-refractivity contribution in [2.24, 2.45) is 0 Å². The van der Waals surface area contributed by atoms with E-state index in [1.807, 2.05) is 12.1 Å². The lowest BCUT2D eigenvalue weighted by atomic mass is 9.82. The van der Waals surface area contributed by atoms with Gasteiger partial charge in [0.15, 0.2) is 23.1 Å². The molecular weight excluding hydrogens is 871 g/mol. The molecule has 2 heterocycles. The second-order valence-electron chi connectivity index (χ2n) is 19.2. The molecule has 69 heavy (non-hydrogen) atoms. The molecule has 0 N–H and O–H groups in total. The summed E-state index contributed by atoms with van der Waals surface area (Å²) in [6, 6.07) is 63.6. The van der Waals surface area contributed by atoms with Crippen molar-refractivity contribution in [2.45, 2.75) is 42.9 Å². The van der Waals surface area contributed by atoms with Gasteiger partial charge in [-0.25, -0.2) is 8.78 Å². The summed E-state index contributed by atoms with van der Waals surface area (Å²) in [6.45, 7) is 9.04. The van der Waals surface area contributed by atoms with E-state index in [0.717, 1.165) is 99.2 Å². The third-order valence-electron chi connectivity index (χ3n) is 14.9. The van der Waals surface area contributed by atoms with E-state index in [1.165, 1.54) is 45.2 Å². The average molecular weight is 913 g/mol. The van der Waals surface area contributed by atoms with E-state index >= 15 is 0 Å². The second kappa shape index (κ2) is 14.5. The van der Waals surface area contributed by atoms with Crippen molar-refractivity contribution in [3.63, 3.8) is 0 Å². The number of fused-ring (bicyclic) bond motifs is 13. The molecule has 0 saturated carbocycles. The number of benzene rings is 11. The topological polar surface area (TPSA) is 15.7 Å². The number of aryl methyl sites for hydroxylation is 2. The molecule has 0 spiro atoms. The van der Waals surface area contributed by atoms with Crippen LogP contribution < -0.4 is 14.5 Å². The van der Waals surface area contributed by atoms with E-state index in [2.05, 4.69) is 195 Å². The molecule has 0 aromatic heterocycles. The van der Waals surface area contributed by atoms with Gasteiger partial charge in [0.1, 0.15) is 0 Å². The highest BCUT2D eigenvalue weighted by Crippen LogP contribution is 2.59. The predicted octanol–water partition coefficient (Wildman–Crippen LogP) is 18.7. The van der Waals surface area contributed by atoms with Gasteiger partial charge >= 0.3 is 0 Å². The van der Waals surface area contributed by atoms with Gasteiger partial charge < -0.3 is 14.5 Å². The van der Waals surface area contributed by atoms with Gasteiger partial charge in [0.25, 0.3) is 0 Å². The molecule has 6 heteroatoms. The first kappa shape index (κ1) is 40.2. The first-order valence-corrected chi connectivity index (χ1v) is 24.3. The van der Waals surface area contributed by atoms with Crippen LogP contribution in [0.5, 0.6) is 11.5 Å². The summed E-state index contributed by atoms with van der Waals surface area (Å²) >= 11 is 1.67. The monoisotopic (exact) mass is 912 g/mol. The summed E-state index contributed by atoms with van der Waals surface area (Å²) in [7, 11) is 0. The van der Waals surface area contributed by atoms with Crippen molar-refractivity contribution in [1.82, 2.24) is 0 Å². The van der Waals surface area contributed by atoms with Crippen molar-refractivity contribution < 1.29 is 13.5 Å². The lowest BCUT2D eigenvalue weighted by Gasteiger charge is -2.36. The lowest BCUT2D eigenvalue weighted by molar-refractivity contribution is 0.482. The Kier molecular flexibility index (Phi) is 8.46. The zero-order chi connectivity index (χ0) is 46.4. The summed E-state index contributed by atoms with van der Waals surface area (Å²) in [5.41, 5.74) is 15.6. The van der Waals surface area contributed by atoms with E-state index in [9.17, 15) is 8.78 Å². The molecule has 0 saturated heterocycles. The Labute approximate surface area is 402 Å². The van der Waals surface area contributed by atoms with E-state index in [-0.39, 0.29) is 5.41 Å². The maximum atomic E-state index is 14.8. The van der Waals surface area contributed by atoms with Gasteiger partial charge in [0.2, 0.25) is 0 Å². The molecular formula is C63H42F2N2OS. The Morgan fingerprint density at radius 1 is 0.420 bits per heavy atom. The van der Waals surface area contributed by atoms with E-state index in [0.29, 0.717) is 10.8 Å². The molecule has 0 atom stereocenters. The molecule has 0 unspecified atom stereocenters. The molecule has 0 fully saturated rings. The zero-order valence-corrected chi connectivity index (χ0v) is 39.1. The van der Waals surface area contributed by atoms with Crippen molar-refractivity contribution in [3.8, 4) is 33.8 Å². The van der Waals surface area contributed by atoms with Gasteiger partial charge in [-0.1, -0.05) is 141 Å². The van der Waals surface area contributed by atoms with Crippen molar-refractivity contribution in [3.05, 3.63) is 216 Å². The van der Waals surface area contributed by atoms with Gasteiger partial charge in [-0.3, -0.25) is 0 Å². The fraction of sp³-hybridized carbons (Fsp3) is 0.0794. The van der Waals surface area contributed by atoms with E-state index < -0.39 is 11.6 Å². The molecule has 1 aliphatic carbocycles. The van der Waals surface area contributed by atoms with Crippen LogP contribution in [0.4, 0.5) is 42.9 Å². The van der Waals surface area contributed by atoms with Crippen molar-refractivity contribution in [2.75, 3.05) is 9.80 Å². The third kappa shape index (κ3) is 5.79. The molecule has 2 aliphatic heterocycles. The number of anilines is 6. The van der Waals surface area contributed by atoms with E-state index in [4.69, 9.17) is 4.74 Å². The van der Waals surface area contributed by atoms with Crippen LogP contribution in [0.25, 0.3) is 65.3 Å². The average Bonchev–Trinajstić information content (AvgIpc) is 3.60. The molecule has 11 aromatic carbocycles. The molecule has 0 amide bonds. The maximum absolute atomic E-state index is 14.8. The molecule has 11 aromatic rings. The number of ether oxygens (including phenoxy) is 1.